The average molecular weight is 571 g/mol. The number of fused-ring (bicyclic) bond motifs is 1. The number of anilines is 2. The Labute approximate surface area is 240 Å². The number of thioether (sulfide) groups is 1. The lowest BCUT2D eigenvalue weighted by Crippen LogP contribution is -2.36. The fourth-order valence-electron chi connectivity index (χ4n) is 4.48. The topological polar surface area (TPSA) is 101 Å². The molecule has 41 heavy (non-hydrogen) atoms. The molecule has 0 spiro atoms. The number of nitrogens with zero attached hydrogens (tertiary/aromatic N) is 2. The van der Waals surface area contributed by atoms with Gasteiger partial charge in [-0.1, -0.05) is 44.2 Å². The number of amides is 4. The summed E-state index contributed by atoms with van der Waals surface area (Å²) in [6, 6.07) is 20.3. The van der Waals surface area contributed by atoms with E-state index in [4.69, 9.17) is 0 Å². The maximum Gasteiger partial charge on any atom is 0.294 e. The molecule has 4 amide bonds. The molecule has 0 atom stereocenters. The predicted octanol–water partition coefficient (Wildman–Crippen LogP) is 6.22. The van der Waals surface area contributed by atoms with Crippen LogP contribution in [0.4, 0.5) is 20.6 Å². The van der Waals surface area contributed by atoms with Crippen LogP contribution in [0.1, 0.15) is 30.9 Å². The van der Waals surface area contributed by atoms with Crippen LogP contribution in [-0.4, -0.2) is 39.0 Å². The Hall–Kier alpha value is -4.70. The Morgan fingerprint density at radius 3 is 2.15 bits per heavy atom. The molecule has 0 saturated carbocycles. The van der Waals surface area contributed by atoms with Gasteiger partial charge in [-0.25, -0.2) is 4.39 Å². The number of hydrogen-bond donors (Lipinski definition) is 2. The van der Waals surface area contributed by atoms with Crippen LogP contribution in [0.2, 0.25) is 0 Å². The van der Waals surface area contributed by atoms with Crippen molar-refractivity contribution in [1.29, 1.82) is 0 Å². The minimum absolute atomic E-state index is 0.0223. The lowest BCUT2D eigenvalue weighted by atomic mass is 10.0. The van der Waals surface area contributed by atoms with E-state index >= 15 is 0 Å². The number of halogens is 1. The Morgan fingerprint density at radius 2 is 1.49 bits per heavy atom. The Balaban J connectivity index is 1.30. The molecule has 2 N–H and O–H groups in total. The average Bonchev–Trinajstić information content (AvgIpc) is 3.41. The fraction of sp³-hybridized carbons (Fsp3) is 0.161. The maximum absolute atomic E-state index is 13.2. The molecule has 0 aliphatic carbocycles. The highest BCUT2D eigenvalue weighted by molar-refractivity contribution is 8.18. The summed E-state index contributed by atoms with van der Waals surface area (Å²) >= 11 is 0.764. The van der Waals surface area contributed by atoms with E-state index in [0.717, 1.165) is 33.1 Å². The molecule has 1 saturated heterocycles. The highest BCUT2D eigenvalue weighted by Gasteiger charge is 2.36. The van der Waals surface area contributed by atoms with Gasteiger partial charge in [0.1, 0.15) is 18.9 Å². The number of aromatic nitrogens is 1. The fourth-order valence-corrected chi connectivity index (χ4v) is 5.31. The molecule has 3 aromatic carbocycles. The van der Waals surface area contributed by atoms with Crippen LogP contribution in [0.25, 0.3) is 17.0 Å². The molecule has 8 nitrogen and oxygen atoms in total. The smallest absolute Gasteiger partial charge is 0.294 e. The predicted molar refractivity (Wildman–Crippen MR) is 159 cm³/mol. The van der Waals surface area contributed by atoms with E-state index in [-0.39, 0.29) is 17.4 Å². The second-order valence-electron chi connectivity index (χ2n) is 9.88. The van der Waals surface area contributed by atoms with Gasteiger partial charge in [0, 0.05) is 34.0 Å². The van der Waals surface area contributed by atoms with Gasteiger partial charge in [-0.3, -0.25) is 24.1 Å². The number of imide groups is 1. The summed E-state index contributed by atoms with van der Waals surface area (Å²) in [5, 5.41) is 5.72. The standard InChI is InChI=1S/C31H27FN4O4S/c1-19(2)20-7-11-23(12-8-20)34-29(38)18-36-30(39)27(41-31(36)40)15-21-16-35(26-6-4-3-5-25(21)26)17-28(37)33-24-13-9-22(32)10-14-24/h3-16,19H,17-18H2,1-2H3,(H,33,37)(H,34,38)/b27-15-. The van der Waals surface area contributed by atoms with Crippen molar-refractivity contribution in [2.24, 2.45) is 0 Å². The van der Waals surface area contributed by atoms with E-state index in [1.165, 1.54) is 24.3 Å². The van der Waals surface area contributed by atoms with Crippen molar-refractivity contribution in [2.45, 2.75) is 26.3 Å². The molecule has 2 heterocycles. The molecule has 0 radical (unpaired) electrons. The van der Waals surface area contributed by atoms with Crippen molar-refractivity contribution in [3.05, 3.63) is 101 Å². The number of hydrogen-bond acceptors (Lipinski definition) is 5. The first-order chi connectivity index (χ1) is 19.7. The van der Waals surface area contributed by atoms with Crippen LogP contribution in [-0.2, 0) is 20.9 Å². The summed E-state index contributed by atoms with van der Waals surface area (Å²) in [4.78, 5) is 52.2. The molecule has 10 heteroatoms. The summed E-state index contributed by atoms with van der Waals surface area (Å²) in [6.07, 6.45) is 3.33. The molecule has 4 aromatic rings. The molecule has 1 aliphatic rings. The summed E-state index contributed by atoms with van der Waals surface area (Å²) in [6.45, 7) is 3.72. The van der Waals surface area contributed by atoms with E-state index in [1.807, 2.05) is 36.4 Å². The zero-order chi connectivity index (χ0) is 29.1. The molecule has 208 valence electrons. The number of para-hydroxylation sites is 1. The Bertz CT molecular complexity index is 1680. The van der Waals surface area contributed by atoms with Gasteiger partial charge in [0.05, 0.1) is 4.91 Å². The third-order valence-electron chi connectivity index (χ3n) is 6.58. The minimum atomic E-state index is -0.559. The van der Waals surface area contributed by atoms with Gasteiger partial charge in [-0.15, -0.1) is 0 Å². The molecular weight excluding hydrogens is 543 g/mol. The van der Waals surface area contributed by atoms with Crippen molar-refractivity contribution < 1.29 is 23.6 Å². The van der Waals surface area contributed by atoms with Gasteiger partial charge in [0.15, 0.2) is 0 Å². The molecule has 5 rings (SSSR count). The Kier molecular flexibility index (Phi) is 8.02. The summed E-state index contributed by atoms with van der Waals surface area (Å²) < 4.78 is 14.9. The summed E-state index contributed by atoms with van der Waals surface area (Å²) in [7, 11) is 0. The highest BCUT2D eigenvalue weighted by Crippen LogP contribution is 2.34. The SMILES string of the molecule is CC(C)c1ccc(NC(=O)CN2C(=O)S/C(=C\c3cn(CC(=O)Nc4ccc(F)cc4)c4ccccc34)C2=O)cc1. The van der Waals surface area contributed by atoms with E-state index < -0.39 is 29.4 Å². The van der Waals surface area contributed by atoms with Crippen molar-refractivity contribution in [3.8, 4) is 0 Å². The minimum Gasteiger partial charge on any atom is -0.337 e. The van der Waals surface area contributed by atoms with Crippen LogP contribution in [0.5, 0.6) is 0 Å². The van der Waals surface area contributed by atoms with Crippen LogP contribution in [0.3, 0.4) is 0 Å². The van der Waals surface area contributed by atoms with Gasteiger partial charge < -0.3 is 15.2 Å². The quantitative estimate of drug-likeness (QED) is 0.245. The Morgan fingerprint density at radius 1 is 0.878 bits per heavy atom. The van der Waals surface area contributed by atoms with E-state index in [1.54, 1.807) is 29.0 Å². The van der Waals surface area contributed by atoms with Gasteiger partial charge in [0.25, 0.3) is 11.1 Å². The zero-order valence-corrected chi connectivity index (χ0v) is 23.2. The number of rotatable bonds is 8. The third-order valence-corrected chi connectivity index (χ3v) is 7.49. The van der Waals surface area contributed by atoms with Gasteiger partial charge in [-0.2, -0.15) is 0 Å². The molecule has 1 aromatic heterocycles. The molecule has 1 aliphatic heterocycles. The lowest BCUT2D eigenvalue weighted by Gasteiger charge is -2.13. The summed E-state index contributed by atoms with van der Waals surface area (Å²) in [5.74, 6) is -1.39. The number of carbonyl (C=O) groups is 4. The van der Waals surface area contributed by atoms with E-state index in [2.05, 4.69) is 24.5 Å². The summed E-state index contributed by atoms with van der Waals surface area (Å²) in [5.41, 5.74) is 3.59. The van der Waals surface area contributed by atoms with Gasteiger partial charge in [0.2, 0.25) is 11.8 Å². The first kappa shape index (κ1) is 27.9. The van der Waals surface area contributed by atoms with Crippen LogP contribution >= 0.6 is 11.8 Å². The third kappa shape index (κ3) is 6.38. The molecule has 0 bridgehead atoms. The molecular formula is C31H27FN4O4S. The number of nitrogens with one attached hydrogen (secondary N) is 2. The van der Waals surface area contributed by atoms with Gasteiger partial charge >= 0.3 is 0 Å². The monoisotopic (exact) mass is 570 g/mol. The normalized spacial score (nSPS) is 14.3. The lowest BCUT2D eigenvalue weighted by molar-refractivity contribution is -0.127. The van der Waals surface area contributed by atoms with Crippen molar-refractivity contribution in [1.82, 2.24) is 9.47 Å². The van der Waals surface area contributed by atoms with Crippen molar-refractivity contribution >= 4 is 63.1 Å². The van der Waals surface area contributed by atoms with E-state index in [0.29, 0.717) is 22.9 Å². The van der Waals surface area contributed by atoms with Crippen molar-refractivity contribution in [2.75, 3.05) is 17.2 Å². The maximum atomic E-state index is 13.2. The van der Waals surface area contributed by atoms with Crippen LogP contribution in [0.15, 0.2) is 83.9 Å². The molecule has 0 unspecified atom stereocenters. The van der Waals surface area contributed by atoms with Gasteiger partial charge in [-0.05, 0) is 71.8 Å². The second kappa shape index (κ2) is 11.8. The van der Waals surface area contributed by atoms with Crippen LogP contribution < -0.4 is 10.6 Å². The number of benzene rings is 3. The second-order valence-corrected chi connectivity index (χ2v) is 10.9. The van der Waals surface area contributed by atoms with E-state index in [9.17, 15) is 23.6 Å². The first-order valence-corrected chi connectivity index (χ1v) is 13.8. The van der Waals surface area contributed by atoms with Crippen molar-refractivity contribution in [3.63, 3.8) is 0 Å². The zero-order valence-electron chi connectivity index (χ0n) is 22.4. The number of carbonyl (C=O) groups excluding carboxylic acids is 4. The molecule has 1 fully saturated rings. The largest absolute Gasteiger partial charge is 0.337 e. The van der Waals surface area contributed by atoms with Crippen LogP contribution in [0, 0.1) is 5.82 Å². The highest BCUT2D eigenvalue weighted by atomic mass is 32.2. The first-order valence-electron chi connectivity index (χ1n) is 13.0.